The SMILES string of the molecule is COCCc1ccc(-c2ccc(C3CCC(C(C)O)CC3)c(Cl)c2F)cc1. The average molecular weight is 391 g/mol. The molecule has 0 amide bonds. The van der Waals surface area contributed by atoms with Crippen molar-refractivity contribution in [1.29, 1.82) is 0 Å². The summed E-state index contributed by atoms with van der Waals surface area (Å²) >= 11 is 6.44. The molecule has 0 heterocycles. The van der Waals surface area contributed by atoms with Crippen molar-refractivity contribution in [2.75, 3.05) is 13.7 Å². The summed E-state index contributed by atoms with van der Waals surface area (Å²) in [6.45, 7) is 2.53. The van der Waals surface area contributed by atoms with E-state index in [9.17, 15) is 5.11 Å². The molecular formula is C23H28ClFO2. The van der Waals surface area contributed by atoms with Crippen molar-refractivity contribution in [3.8, 4) is 11.1 Å². The number of halogens is 2. The van der Waals surface area contributed by atoms with Crippen LogP contribution in [0.2, 0.25) is 5.02 Å². The molecule has 27 heavy (non-hydrogen) atoms. The van der Waals surface area contributed by atoms with E-state index in [1.54, 1.807) is 7.11 Å². The van der Waals surface area contributed by atoms with Gasteiger partial charge < -0.3 is 9.84 Å². The molecule has 2 nitrogen and oxygen atoms in total. The minimum Gasteiger partial charge on any atom is -0.393 e. The van der Waals surface area contributed by atoms with Gasteiger partial charge in [-0.15, -0.1) is 0 Å². The molecule has 0 spiro atoms. The van der Waals surface area contributed by atoms with E-state index >= 15 is 4.39 Å². The van der Waals surface area contributed by atoms with Crippen molar-refractivity contribution in [2.24, 2.45) is 5.92 Å². The van der Waals surface area contributed by atoms with Crippen molar-refractivity contribution >= 4 is 11.6 Å². The van der Waals surface area contributed by atoms with Crippen LogP contribution in [0.3, 0.4) is 0 Å². The first kappa shape index (κ1) is 20.3. The molecule has 4 heteroatoms. The topological polar surface area (TPSA) is 29.5 Å². The summed E-state index contributed by atoms with van der Waals surface area (Å²) in [5.74, 6) is 0.282. The van der Waals surface area contributed by atoms with Crippen molar-refractivity contribution < 1.29 is 14.2 Å². The number of aliphatic hydroxyl groups is 1. The first-order valence-corrected chi connectivity index (χ1v) is 10.1. The Labute approximate surface area is 166 Å². The van der Waals surface area contributed by atoms with Crippen molar-refractivity contribution in [2.45, 2.75) is 51.0 Å². The molecule has 1 saturated carbocycles. The molecule has 1 aliphatic rings. The summed E-state index contributed by atoms with van der Waals surface area (Å²) in [7, 11) is 1.68. The fraction of sp³-hybridized carbons (Fsp3) is 0.478. The second kappa shape index (κ2) is 9.18. The smallest absolute Gasteiger partial charge is 0.149 e. The zero-order valence-electron chi connectivity index (χ0n) is 16.1. The van der Waals surface area contributed by atoms with E-state index in [4.69, 9.17) is 16.3 Å². The van der Waals surface area contributed by atoms with Gasteiger partial charge in [0.25, 0.3) is 0 Å². The second-order valence-electron chi connectivity index (χ2n) is 7.62. The summed E-state index contributed by atoms with van der Waals surface area (Å²) in [6.07, 6.45) is 4.39. The lowest BCUT2D eigenvalue weighted by atomic mass is 9.76. The van der Waals surface area contributed by atoms with Crippen LogP contribution in [-0.2, 0) is 11.2 Å². The van der Waals surface area contributed by atoms with E-state index in [0.29, 0.717) is 18.1 Å². The van der Waals surface area contributed by atoms with Gasteiger partial charge in [-0.25, -0.2) is 4.39 Å². The summed E-state index contributed by atoms with van der Waals surface area (Å²) in [5.41, 5.74) is 3.44. The lowest BCUT2D eigenvalue weighted by Crippen LogP contribution is -2.22. The molecule has 146 valence electrons. The molecule has 0 saturated heterocycles. The Morgan fingerprint density at radius 3 is 2.37 bits per heavy atom. The normalized spacial score (nSPS) is 21.2. The zero-order chi connectivity index (χ0) is 19.4. The summed E-state index contributed by atoms with van der Waals surface area (Å²) < 4.78 is 20.1. The van der Waals surface area contributed by atoms with E-state index in [1.807, 2.05) is 43.3 Å². The molecule has 1 aliphatic carbocycles. The molecule has 1 atom stereocenters. The maximum absolute atomic E-state index is 15.0. The highest BCUT2D eigenvalue weighted by Gasteiger charge is 2.27. The molecule has 2 aromatic rings. The highest BCUT2D eigenvalue weighted by molar-refractivity contribution is 6.32. The lowest BCUT2D eigenvalue weighted by molar-refractivity contribution is 0.0967. The van der Waals surface area contributed by atoms with Gasteiger partial charge in [0.2, 0.25) is 0 Å². The van der Waals surface area contributed by atoms with E-state index in [0.717, 1.165) is 43.2 Å². The molecule has 2 aromatic carbocycles. The van der Waals surface area contributed by atoms with Gasteiger partial charge in [-0.3, -0.25) is 0 Å². The van der Waals surface area contributed by atoms with E-state index in [-0.39, 0.29) is 22.9 Å². The molecule has 0 radical (unpaired) electrons. The van der Waals surface area contributed by atoms with Gasteiger partial charge in [-0.1, -0.05) is 48.0 Å². The number of aliphatic hydroxyl groups excluding tert-OH is 1. The van der Waals surface area contributed by atoms with Gasteiger partial charge in [0.15, 0.2) is 0 Å². The van der Waals surface area contributed by atoms with Crippen LogP contribution in [0.15, 0.2) is 36.4 Å². The lowest BCUT2D eigenvalue weighted by Gasteiger charge is -2.31. The Kier molecular flexibility index (Phi) is 6.91. The zero-order valence-corrected chi connectivity index (χ0v) is 16.8. The second-order valence-corrected chi connectivity index (χ2v) is 8.00. The van der Waals surface area contributed by atoms with Crippen LogP contribution in [0.5, 0.6) is 0 Å². The molecule has 0 aliphatic heterocycles. The van der Waals surface area contributed by atoms with Crippen molar-refractivity contribution in [3.05, 3.63) is 58.4 Å². The quantitative estimate of drug-likeness (QED) is 0.656. The van der Waals surface area contributed by atoms with E-state index < -0.39 is 0 Å². The highest BCUT2D eigenvalue weighted by atomic mass is 35.5. The van der Waals surface area contributed by atoms with Gasteiger partial charge in [0.05, 0.1) is 17.7 Å². The fourth-order valence-corrected chi connectivity index (χ4v) is 4.41. The minimum absolute atomic E-state index is 0.247. The van der Waals surface area contributed by atoms with Crippen LogP contribution in [-0.4, -0.2) is 24.9 Å². The first-order valence-electron chi connectivity index (χ1n) is 9.75. The van der Waals surface area contributed by atoms with Crippen LogP contribution in [0.4, 0.5) is 4.39 Å². The molecule has 0 bridgehead atoms. The van der Waals surface area contributed by atoms with Crippen molar-refractivity contribution in [1.82, 2.24) is 0 Å². The molecule has 1 N–H and O–H groups in total. The van der Waals surface area contributed by atoms with E-state index in [1.165, 1.54) is 5.56 Å². The summed E-state index contributed by atoms with van der Waals surface area (Å²) in [6, 6.07) is 11.7. The van der Waals surface area contributed by atoms with Gasteiger partial charge >= 0.3 is 0 Å². The number of hydrogen-bond donors (Lipinski definition) is 1. The van der Waals surface area contributed by atoms with Crippen LogP contribution < -0.4 is 0 Å². The number of methoxy groups -OCH3 is 1. The van der Waals surface area contributed by atoms with Crippen LogP contribution in [0.25, 0.3) is 11.1 Å². The maximum atomic E-state index is 15.0. The Morgan fingerprint density at radius 2 is 1.78 bits per heavy atom. The molecule has 1 unspecified atom stereocenters. The first-order chi connectivity index (χ1) is 13.0. The van der Waals surface area contributed by atoms with Crippen LogP contribution in [0, 0.1) is 11.7 Å². The molecular weight excluding hydrogens is 363 g/mol. The Balaban J connectivity index is 1.77. The third-order valence-electron chi connectivity index (χ3n) is 5.87. The van der Waals surface area contributed by atoms with Crippen LogP contribution >= 0.6 is 11.6 Å². The maximum Gasteiger partial charge on any atom is 0.149 e. The fourth-order valence-electron chi connectivity index (χ4n) is 4.09. The monoisotopic (exact) mass is 390 g/mol. The average Bonchev–Trinajstić information content (AvgIpc) is 2.69. The third-order valence-corrected chi connectivity index (χ3v) is 6.25. The number of benzene rings is 2. The molecule has 1 fully saturated rings. The van der Waals surface area contributed by atoms with Gasteiger partial charge in [-0.2, -0.15) is 0 Å². The molecule has 0 aromatic heterocycles. The van der Waals surface area contributed by atoms with Gasteiger partial charge in [0.1, 0.15) is 5.82 Å². The van der Waals surface area contributed by atoms with Crippen LogP contribution in [0.1, 0.15) is 49.7 Å². The largest absolute Gasteiger partial charge is 0.393 e. The summed E-state index contributed by atoms with van der Waals surface area (Å²) in [5, 5.41) is 10.0. The van der Waals surface area contributed by atoms with Crippen molar-refractivity contribution in [3.63, 3.8) is 0 Å². The standard InChI is InChI=1S/C23H28ClFO2/c1-15(26)17-7-9-18(10-8-17)20-11-12-21(23(25)22(20)24)19-5-3-16(4-6-19)13-14-27-2/h3-6,11-12,15,17-18,26H,7-10,13-14H2,1-2H3. The predicted octanol–water partition coefficient (Wildman–Crippen LogP) is 5.99. The van der Waals surface area contributed by atoms with Gasteiger partial charge in [-0.05, 0) is 67.6 Å². The predicted molar refractivity (Wildman–Crippen MR) is 109 cm³/mol. The number of ether oxygens (including phenoxy) is 1. The Morgan fingerprint density at radius 1 is 1.11 bits per heavy atom. The van der Waals surface area contributed by atoms with E-state index in [2.05, 4.69) is 0 Å². The Hall–Kier alpha value is -1.42. The minimum atomic E-state index is -0.337. The Bertz CT molecular complexity index is 750. The molecule has 3 rings (SSSR count). The number of rotatable bonds is 6. The number of hydrogen-bond acceptors (Lipinski definition) is 2. The summed E-state index contributed by atoms with van der Waals surface area (Å²) in [4.78, 5) is 0. The highest BCUT2D eigenvalue weighted by Crippen LogP contribution is 2.42. The third kappa shape index (κ3) is 4.71. The van der Waals surface area contributed by atoms with Gasteiger partial charge in [0, 0.05) is 12.7 Å².